The molecule has 1 unspecified atom stereocenters. The molecule has 0 N–H and O–H groups in total. The Labute approximate surface area is 202 Å². The molecule has 1 amide bonds. The van der Waals surface area contributed by atoms with E-state index < -0.39 is 17.7 Å². The minimum absolute atomic E-state index is 0.210. The number of Topliss-reactive ketones (excluding diaryl/α,β-unsaturated/α-hetero) is 1. The van der Waals surface area contributed by atoms with E-state index in [2.05, 4.69) is 10.2 Å². The van der Waals surface area contributed by atoms with Crippen molar-refractivity contribution in [2.45, 2.75) is 26.8 Å². The highest BCUT2D eigenvalue weighted by Crippen LogP contribution is 2.38. The number of benzene rings is 2. The zero-order valence-electron chi connectivity index (χ0n) is 18.9. The summed E-state index contributed by atoms with van der Waals surface area (Å²) in [4.78, 5) is 25.4. The summed E-state index contributed by atoms with van der Waals surface area (Å²) in [5.74, 6) is 0.0481. The van der Waals surface area contributed by atoms with Crippen LogP contribution >= 0.6 is 23.4 Å². The molecule has 0 fully saturated rings. The molecule has 0 spiro atoms. The Morgan fingerprint density at radius 2 is 1.67 bits per heavy atom. The van der Waals surface area contributed by atoms with Crippen molar-refractivity contribution in [2.75, 3.05) is 31.9 Å². The van der Waals surface area contributed by atoms with Crippen molar-refractivity contribution in [3.8, 4) is 23.0 Å². The zero-order valence-corrected chi connectivity index (χ0v) is 20.4. The first-order valence-corrected chi connectivity index (χ1v) is 10.7. The maximum atomic E-state index is 13.1. The van der Waals surface area contributed by atoms with Crippen LogP contribution in [-0.2, 0) is 9.59 Å². The highest BCUT2D eigenvalue weighted by molar-refractivity contribution is 6.39. The van der Waals surface area contributed by atoms with Gasteiger partial charge in [0.05, 0.1) is 32.5 Å². The molecule has 2 aromatic carbocycles. The molecule has 0 saturated heterocycles. The SMILES string of the molecule is CCOc1ccc(OCC)c(N(Cl)C(=O)C(N=Nc2cc(OC)c(Cl)cc2OC)C(C)=O)c1. The average Bonchev–Trinajstić information content (AvgIpc) is 2.80. The van der Waals surface area contributed by atoms with E-state index in [1.165, 1.54) is 33.3 Å². The molecule has 33 heavy (non-hydrogen) atoms. The van der Waals surface area contributed by atoms with Gasteiger partial charge in [0, 0.05) is 30.0 Å². The molecule has 2 rings (SSSR count). The molecule has 9 nitrogen and oxygen atoms in total. The van der Waals surface area contributed by atoms with E-state index in [0.29, 0.717) is 35.5 Å². The molecular formula is C22H25Cl2N3O6. The van der Waals surface area contributed by atoms with Crippen LogP contribution in [0.2, 0.25) is 5.02 Å². The maximum absolute atomic E-state index is 13.1. The van der Waals surface area contributed by atoms with E-state index in [1.54, 1.807) is 25.1 Å². The highest BCUT2D eigenvalue weighted by atomic mass is 35.5. The van der Waals surface area contributed by atoms with Gasteiger partial charge in [-0.25, -0.2) is 4.42 Å². The Kier molecular flexibility index (Phi) is 9.74. The maximum Gasteiger partial charge on any atom is 0.276 e. The lowest BCUT2D eigenvalue weighted by atomic mass is 10.2. The van der Waals surface area contributed by atoms with E-state index in [4.69, 9.17) is 42.3 Å². The summed E-state index contributed by atoms with van der Waals surface area (Å²) in [6.45, 7) is 5.59. The first kappa shape index (κ1) is 26.2. The van der Waals surface area contributed by atoms with Gasteiger partial charge >= 0.3 is 0 Å². The number of hydrogen-bond acceptors (Lipinski definition) is 8. The number of halogens is 2. The van der Waals surface area contributed by atoms with Gasteiger partial charge in [-0.05, 0) is 32.9 Å². The highest BCUT2D eigenvalue weighted by Gasteiger charge is 2.31. The van der Waals surface area contributed by atoms with Crippen molar-refractivity contribution in [3.63, 3.8) is 0 Å². The Bertz CT molecular complexity index is 1030. The Morgan fingerprint density at radius 1 is 1.00 bits per heavy atom. The molecule has 0 radical (unpaired) electrons. The summed E-state index contributed by atoms with van der Waals surface area (Å²) in [7, 11) is 2.86. The fraction of sp³-hybridized carbons (Fsp3) is 0.364. The van der Waals surface area contributed by atoms with Crippen LogP contribution in [-0.4, -0.2) is 45.2 Å². The first-order valence-electron chi connectivity index (χ1n) is 9.99. The third-order valence-corrected chi connectivity index (χ3v) is 4.94. The smallest absolute Gasteiger partial charge is 0.276 e. The van der Waals surface area contributed by atoms with E-state index in [-0.39, 0.29) is 17.1 Å². The normalized spacial score (nSPS) is 11.7. The second-order valence-electron chi connectivity index (χ2n) is 6.50. The number of nitrogens with zero attached hydrogens (tertiary/aromatic N) is 3. The number of hydrogen-bond donors (Lipinski definition) is 0. The summed E-state index contributed by atoms with van der Waals surface area (Å²) in [5, 5.41) is 8.27. The number of anilines is 1. The molecular weight excluding hydrogens is 473 g/mol. The van der Waals surface area contributed by atoms with Gasteiger partial charge in [-0.2, -0.15) is 10.2 Å². The first-order chi connectivity index (χ1) is 15.8. The van der Waals surface area contributed by atoms with Crippen LogP contribution in [0.15, 0.2) is 40.6 Å². The predicted octanol–water partition coefficient (Wildman–Crippen LogP) is 5.38. The lowest BCUT2D eigenvalue weighted by Crippen LogP contribution is -2.36. The van der Waals surface area contributed by atoms with Crippen molar-refractivity contribution in [2.24, 2.45) is 10.2 Å². The van der Waals surface area contributed by atoms with Crippen LogP contribution in [0.1, 0.15) is 20.8 Å². The molecule has 1 atom stereocenters. The molecule has 0 aromatic heterocycles. The van der Waals surface area contributed by atoms with Crippen molar-refractivity contribution < 1.29 is 28.5 Å². The van der Waals surface area contributed by atoms with Gasteiger partial charge in [-0.1, -0.05) is 11.6 Å². The standard InChI is InChI=1S/C22H25Cl2N3O6/c1-6-32-14-8-9-18(33-7-2)17(10-14)27(24)22(29)21(13(3)28)26-25-16-12-19(30-4)15(23)11-20(16)31-5/h8-12,21H,6-7H2,1-5H3. The summed E-state index contributed by atoms with van der Waals surface area (Å²) in [6.07, 6.45) is 0. The van der Waals surface area contributed by atoms with Crippen LogP contribution in [0, 0.1) is 0 Å². The van der Waals surface area contributed by atoms with Crippen molar-refractivity contribution in [1.29, 1.82) is 0 Å². The lowest BCUT2D eigenvalue weighted by molar-refractivity contribution is -0.126. The van der Waals surface area contributed by atoms with E-state index in [0.717, 1.165) is 4.42 Å². The molecule has 0 aliphatic carbocycles. The second-order valence-corrected chi connectivity index (χ2v) is 7.25. The second kappa shape index (κ2) is 12.3. The van der Waals surface area contributed by atoms with Crippen molar-refractivity contribution in [1.82, 2.24) is 0 Å². The van der Waals surface area contributed by atoms with E-state index in [9.17, 15) is 9.59 Å². The van der Waals surface area contributed by atoms with E-state index >= 15 is 0 Å². The number of ether oxygens (including phenoxy) is 4. The van der Waals surface area contributed by atoms with Crippen molar-refractivity contribution in [3.05, 3.63) is 35.4 Å². The Morgan fingerprint density at radius 3 is 2.24 bits per heavy atom. The molecule has 11 heteroatoms. The molecule has 0 bridgehead atoms. The number of ketones is 1. The van der Waals surface area contributed by atoms with Gasteiger partial charge < -0.3 is 18.9 Å². The Balaban J connectivity index is 2.42. The molecule has 0 aliphatic heterocycles. The molecule has 0 saturated carbocycles. The van der Waals surface area contributed by atoms with Crippen LogP contribution < -0.4 is 23.4 Å². The number of azo groups is 1. The van der Waals surface area contributed by atoms with Crippen molar-refractivity contribution >= 4 is 46.4 Å². The van der Waals surface area contributed by atoms with Crippen LogP contribution in [0.5, 0.6) is 23.0 Å². The average molecular weight is 498 g/mol. The lowest BCUT2D eigenvalue weighted by Gasteiger charge is -2.20. The number of carbonyl (C=O) groups excluding carboxylic acids is 2. The summed E-state index contributed by atoms with van der Waals surface area (Å²) >= 11 is 12.4. The van der Waals surface area contributed by atoms with Gasteiger partial charge in [0.1, 0.15) is 34.4 Å². The molecule has 178 valence electrons. The zero-order chi connectivity index (χ0) is 24.5. The number of methoxy groups -OCH3 is 2. The van der Waals surface area contributed by atoms with Crippen LogP contribution in [0.4, 0.5) is 11.4 Å². The van der Waals surface area contributed by atoms with Gasteiger partial charge in [0.15, 0.2) is 5.78 Å². The Hall–Kier alpha value is -3.04. The monoisotopic (exact) mass is 497 g/mol. The van der Waals surface area contributed by atoms with Gasteiger partial charge in [-0.15, -0.1) is 0 Å². The van der Waals surface area contributed by atoms with Gasteiger partial charge in [0.2, 0.25) is 6.04 Å². The van der Waals surface area contributed by atoms with Gasteiger partial charge in [-0.3, -0.25) is 9.59 Å². The van der Waals surface area contributed by atoms with E-state index in [1.807, 2.05) is 6.92 Å². The molecule has 0 heterocycles. The molecule has 2 aromatic rings. The summed E-state index contributed by atoms with van der Waals surface area (Å²) in [5.41, 5.74) is 0.425. The predicted molar refractivity (Wildman–Crippen MR) is 126 cm³/mol. The summed E-state index contributed by atoms with van der Waals surface area (Å²) < 4.78 is 22.2. The largest absolute Gasteiger partial charge is 0.495 e. The van der Waals surface area contributed by atoms with Crippen LogP contribution in [0.3, 0.4) is 0 Å². The fourth-order valence-corrected chi connectivity index (χ4v) is 3.21. The topological polar surface area (TPSA) is 99.0 Å². The van der Waals surface area contributed by atoms with Gasteiger partial charge in [0.25, 0.3) is 5.91 Å². The third-order valence-electron chi connectivity index (χ3n) is 4.30. The third kappa shape index (κ3) is 6.49. The quantitative estimate of drug-likeness (QED) is 0.234. The minimum atomic E-state index is -1.51. The number of carbonyl (C=O) groups is 2. The minimum Gasteiger partial charge on any atom is -0.495 e. The number of amides is 1. The fourth-order valence-electron chi connectivity index (χ4n) is 2.76. The molecule has 0 aliphatic rings. The van der Waals surface area contributed by atoms with Crippen LogP contribution in [0.25, 0.3) is 0 Å². The summed E-state index contributed by atoms with van der Waals surface area (Å²) in [6, 6.07) is 6.31. The number of rotatable bonds is 11.